The van der Waals surface area contributed by atoms with E-state index in [1.807, 2.05) is 24.3 Å². The Bertz CT molecular complexity index is 1100. The first-order valence-electron chi connectivity index (χ1n) is 11.1. The summed E-state index contributed by atoms with van der Waals surface area (Å²) in [5, 5.41) is 0. The lowest BCUT2D eigenvalue weighted by molar-refractivity contribution is -0.108. The second-order valence-corrected chi connectivity index (χ2v) is 7.98. The Kier molecular flexibility index (Phi) is 6.72. The number of allylic oxidation sites excluding steroid dienone is 4. The van der Waals surface area contributed by atoms with Gasteiger partial charge >= 0.3 is 0 Å². The van der Waals surface area contributed by atoms with Crippen molar-refractivity contribution in [2.24, 2.45) is 0 Å². The quantitative estimate of drug-likeness (QED) is 0.560. The number of fused-ring (bicyclic) bond motifs is 2. The molecule has 0 aliphatic heterocycles. The maximum atomic E-state index is 14.0. The lowest BCUT2D eigenvalue weighted by Crippen LogP contribution is -2.15. The van der Waals surface area contributed by atoms with Crippen LogP contribution in [0.15, 0.2) is 24.3 Å². The molecule has 180 valence electrons. The molecule has 2 aromatic carbocycles. The van der Waals surface area contributed by atoms with E-state index in [0.29, 0.717) is 45.6 Å². The summed E-state index contributed by atoms with van der Waals surface area (Å²) in [7, 11) is 9.51. The van der Waals surface area contributed by atoms with E-state index in [-0.39, 0.29) is 5.78 Å². The average molecular weight is 467 g/mol. The van der Waals surface area contributed by atoms with Gasteiger partial charge in [0.25, 0.3) is 0 Å². The summed E-state index contributed by atoms with van der Waals surface area (Å²) >= 11 is 0. The number of benzene rings is 2. The van der Waals surface area contributed by atoms with E-state index in [0.717, 1.165) is 47.9 Å². The molecule has 0 spiro atoms. The third-order valence-corrected chi connectivity index (χ3v) is 6.42. The van der Waals surface area contributed by atoms with Gasteiger partial charge in [0.15, 0.2) is 28.8 Å². The maximum absolute atomic E-state index is 14.0. The van der Waals surface area contributed by atoms with Crippen LogP contribution >= 0.6 is 0 Å². The van der Waals surface area contributed by atoms with E-state index in [4.69, 9.17) is 28.4 Å². The number of carbonyl (C=O) groups excluding carboxylic acids is 1. The largest absolute Gasteiger partial charge is 0.493 e. The van der Waals surface area contributed by atoms with Crippen molar-refractivity contribution in [3.8, 4) is 34.5 Å². The molecule has 0 heterocycles. The Balaban J connectivity index is 1.86. The molecule has 0 aromatic heterocycles. The lowest BCUT2D eigenvalue weighted by atomic mass is 9.81. The number of Topliss-reactive ketones (excluding diaryl/α,β-unsaturated/α-hetero) is 1. The van der Waals surface area contributed by atoms with E-state index in [1.54, 1.807) is 42.7 Å². The van der Waals surface area contributed by atoms with Gasteiger partial charge in [-0.25, -0.2) is 0 Å². The van der Waals surface area contributed by atoms with Crippen molar-refractivity contribution in [3.05, 3.63) is 46.5 Å². The molecular formula is C27H30O7. The smallest absolute Gasteiger partial charge is 0.203 e. The van der Waals surface area contributed by atoms with Crippen molar-refractivity contribution in [2.45, 2.75) is 25.7 Å². The Morgan fingerprint density at radius 1 is 0.588 bits per heavy atom. The molecule has 4 rings (SSSR count). The molecule has 0 N–H and O–H groups in total. The fourth-order valence-corrected chi connectivity index (χ4v) is 4.93. The molecule has 2 aliphatic carbocycles. The number of ether oxygens (including phenoxy) is 6. The summed E-state index contributed by atoms with van der Waals surface area (Å²) in [5.74, 6) is 3.23. The maximum Gasteiger partial charge on any atom is 0.203 e. The summed E-state index contributed by atoms with van der Waals surface area (Å²) in [5.41, 5.74) is 4.71. The number of rotatable bonds is 8. The normalized spacial score (nSPS) is 14.2. The van der Waals surface area contributed by atoms with Gasteiger partial charge in [-0.2, -0.15) is 0 Å². The minimum absolute atomic E-state index is 0.0644. The standard InChI is InChI=1S/C27H30O7/c1-29-21-13-19-15(9-7-11-17(19)24(31-3)26(21)33-5)23(28)16-10-8-12-18-20(16)14-22(30-2)27(34-6)25(18)32-4/h9-10,13-14H,7-8,11-12H2,1-6H3. The van der Waals surface area contributed by atoms with Gasteiger partial charge in [-0.1, -0.05) is 12.2 Å². The van der Waals surface area contributed by atoms with E-state index in [2.05, 4.69) is 0 Å². The van der Waals surface area contributed by atoms with Crippen molar-refractivity contribution < 1.29 is 33.2 Å². The Hall–Kier alpha value is -3.61. The zero-order chi connectivity index (χ0) is 24.4. The van der Waals surface area contributed by atoms with E-state index in [1.165, 1.54) is 0 Å². The zero-order valence-corrected chi connectivity index (χ0v) is 20.5. The molecular weight excluding hydrogens is 436 g/mol. The molecule has 34 heavy (non-hydrogen) atoms. The van der Waals surface area contributed by atoms with Crippen molar-refractivity contribution in [3.63, 3.8) is 0 Å². The summed E-state index contributed by atoms with van der Waals surface area (Å²) in [4.78, 5) is 14.0. The van der Waals surface area contributed by atoms with Gasteiger partial charge in [0.1, 0.15) is 0 Å². The monoisotopic (exact) mass is 466 g/mol. The molecule has 2 aromatic rings. The van der Waals surface area contributed by atoms with Gasteiger partial charge in [-0.15, -0.1) is 0 Å². The van der Waals surface area contributed by atoms with Crippen LogP contribution in [0.2, 0.25) is 0 Å². The molecule has 2 aliphatic rings. The van der Waals surface area contributed by atoms with Crippen molar-refractivity contribution >= 4 is 16.9 Å². The molecule has 0 saturated carbocycles. The van der Waals surface area contributed by atoms with Crippen LogP contribution in [0, 0.1) is 0 Å². The van der Waals surface area contributed by atoms with E-state index < -0.39 is 0 Å². The van der Waals surface area contributed by atoms with Crippen molar-refractivity contribution in [2.75, 3.05) is 42.7 Å². The predicted molar refractivity (Wildman–Crippen MR) is 130 cm³/mol. The summed E-state index contributed by atoms with van der Waals surface area (Å²) in [6.07, 6.45) is 6.89. The fourth-order valence-electron chi connectivity index (χ4n) is 4.93. The van der Waals surface area contributed by atoms with Gasteiger partial charge < -0.3 is 28.4 Å². The van der Waals surface area contributed by atoms with Gasteiger partial charge in [-0.3, -0.25) is 4.79 Å². The lowest BCUT2D eigenvalue weighted by Gasteiger charge is -2.26. The molecule has 7 heteroatoms. The number of carbonyl (C=O) groups is 1. The molecule has 0 fully saturated rings. The topological polar surface area (TPSA) is 72.5 Å². The predicted octanol–water partition coefficient (Wildman–Crippen LogP) is 4.67. The first-order chi connectivity index (χ1) is 16.5. The van der Waals surface area contributed by atoms with E-state index >= 15 is 0 Å². The molecule has 0 saturated heterocycles. The first kappa shape index (κ1) is 23.5. The highest BCUT2D eigenvalue weighted by Gasteiger charge is 2.32. The minimum Gasteiger partial charge on any atom is -0.493 e. The second-order valence-electron chi connectivity index (χ2n) is 7.98. The Morgan fingerprint density at radius 3 is 1.29 bits per heavy atom. The van der Waals surface area contributed by atoms with Gasteiger partial charge in [0.2, 0.25) is 11.5 Å². The van der Waals surface area contributed by atoms with Crippen LogP contribution in [0.25, 0.3) is 11.1 Å². The van der Waals surface area contributed by atoms with Gasteiger partial charge in [0, 0.05) is 22.3 Å². The van der Waals surface area contributed by atoms with Crippen LogP contribution in [0.1, 0.15) is 35.1 Å². The van der Waals surface area contributed by atoms with Crippen LogP contribution in [0.5, 0.6) is 34.5 Å². The summed E-state index contributed by atoms with van der Waals surface area (Å²) in [6.45, 7) is 0. The Morgan fingerprint density at radius 2 is 0.971 bits per heavy atom. The molecule has 0 amide bonds. The average Bonchev–Trinajstić information content (AvgIpc) is 2.89. The Labute approximate surface area is 199 Å². The summed E-state index contributed by atoms with van der Waals surface area (Å²) in [6, 6.07) is 3.72. The fraction of sp³-hybridized carbons (Fsp3) is 0.370. The van der Waals surface area contributed by atoms with Crippen molar-refractivity contribution in [1.29, 1.82) is 0 Å². The number of methoxy groups -OCH3 is 6. The number of ketones is 1. The van der Waals surface area contributed by atoms with Crippen LogP contribution in [-0.2, 0) is 17.6 Å². The second kappa shape index (κ2) is 9.71. The highest BCUT2D eigenvalue weighted by atomic mass is 16.5. The molecule has 0 radical (unpaired) electrons. The summed E-state index contributed by atoms with van der Waals surface area (Å²) < 4.78 is 33.6. The minimum atomic E-state index is -0.0644. The first-order valence-corrected chi connectivity index (χ1v) is 11.1. The third kappa shape index (κ3) is 3.65. The third-order valence-electron chi connectivity index (χ3n) is 6.42. The molecule has 0 unspecified atom stereocenters. The highest BCUT2D eigenvalue weighted by Crippen LogP contribution is 2.49. The van der Waals surface area contributed by atoms with Gasteiger partial charge in [-0.05, 0) is 48.9 Å². The zero-order valence-electron chi connectivity index (χ0n) is 20.5. The van der Waals surface area contributed by atoms with Crippen LogP contribution in [0.3, 0.4) is 0 Å². The number of hydrogen-bond acceptors (Lipinski definition) is 7. The van der Waals surface area contributed by atoms with Crippen molar-refractivity contribution in [1.82, 2.24) is 0 Å². The van der Waals surface area contributed by atoms with Gasteiger partial charge in [0.05, 0.1) is 42.7 Å². The van der Waals surface area contributed by atoms with Crippen LogP contribution in [-0.4, -0.2) is 48.4 Å². The highest BCUT2D eigenvalue weighted by molar-refractivity contribution is 6.43. The molecule has 7 nitrogen and oxygen atoms in total. The van der Waals surface area contributed by atoms with E-state index in [9.17, 15) is 4.79 Å². The SMILES string of the molecule is COc1cc2c(c(OC)c1OC)CCC=C2C(=O)C1=CCCc2c1cc(OC)c(OC)c2OC. The number of hydrogen-bond donors (Lipinski definition) is 0. The molecule has 0 bridgehead atoms. The van der Waals surface area contributed by atoms with Crippen LogP contribution < -0.4 is 28.4 Å². The molecule has 0 atom stereocenters. The van der Waals surface area contributed by atoms with Crippen LogP contribution in [0.4, 0.5) is 0 Å².